The molecule has 1 unspecified atom stereocenters. The van der Waals surface area contributed by atoms with Crippen LogP contribution in [-0.2, 0) is 33.4 Å². The molecule has 2 aliphatic carbocycles. The molecule has 41 heavy (non-hydrogen) atoms. The molecule has 4 N–H and O–H groups in total. The number of nitrogens with zero attached hydrogens (tertiary/aromatic N) is 1. The molecule has 12 heteroatoms. The average Bonchev–Trinajstić information content (AvgIpc) is 3.32. The molecule has 1 atom stereocenters. The second-order valence-electron chi connectivity index (χ2n) is 11.5. The van der Waals surface area contributed by atoms with Gasteiger partial charge in [-0.1, -0.05) is 0 Å². The summed E-state index contributed by atoms with van der Waals surface area (Å²) in [7, 11) is 1.72. The van der Waals surface area contributed by atoms with Gasteiger partial charge in [0, 0.05) is 64.6 Å². The number of nitrogens with one attached hydrogen (secondary N) is 4. The number of hydrogen-bond acceptors (Lipinski definition) is 7. The molecular weight excluding hydrogens is 530 g/mol. The van der Waals surface area contributed by atoms with Gasteiger partial charge in [-0.05, 0) is 64.2 Å². The maximum absolute atomic E-state index is 12.4. The smallest absolute Gasteiger partial charge is 0.225 e. The zero-order valence-electron chi connectivity index (χ0n) is 24.5. The molecule has 12 nitrogen and oxygen atoms in total. The Hall–Kier alpha value is -2.73. The van der Waals surface area contributed by atoms with Crippen LogP contribution in [0.2, 0.25) is 0 Å². The Balaban J connectivity index is 1.14. The molecule has 5 amide bonds. The topological polar surface area (TPSA) is 155 Å². The molecule has 0 aromatic rings. The van der Waals surface area contributed by atoms with Crippen LogP contribution in [0.25, 0.3) is 0 Å². The Labute approximate surface area is 243 Å². The van der Waals surface area contributed by atoms with Gasteiger partial charge in [0.15, 0.2) is 0 Å². The van der Waals surface area contributed by atoms with Crippen molar-refractivity contribution in [2.75, 3.05) is 46.4 Å². The summed E-state index contributed by atoms with van der Waals surface area (Å²) in [6, 6.07) is 0.126. The Morgan fingerprint density at radius 2 is 1.46 bits per heavy atom. The van der Waals surface area contributed by atoms with Crippen molar-refractivity contribution < 1.29 is 33.4 Å². The van der Waals surface area contributed by atoms with Crippen LogP contribution in [0.5, 0.6) is 0 Å². The molecule has 1 aliphatic heterocycles. The fourth-order valence-electron chi connectivity index (χ4n) is 5.84. The van der Waals surface area contributed by atoms with Crippen molar-refractivity contribution in [3.05, 3.63) is 0 Å². The molecule has 1 heterocycles. The molecule has 0 radical (unpaired) electrons. The van der Waals surface area contributed by atoms with E-state index in [0.29, 0.717) is 65.1 Å². The van der Waals surface area contributed by atoms with Crippen molar-refractivity contribution in [1.82, 2.24) is 26.2 Å². The van der Waals surface area contributed by atoms with E-state index in [-0.39, 0.29) is 60.1 Å². The van der Waals surface area contributed by atoms with E-state index < -0.39 is 0 Å². The Morgan fingerprint density at radius 3 is 2.10 bits per heavy atom. The molecule has 3 rings (SSSR count). The minimum Gasteiger partial charge on any atom is -0.378 e. The maximum Gasteiger partial charge on any atom is 0.225 e. The summed E-state index contributed by atoms with van der Waals surface area (Å²) >= 11 is 0. The second kappa shape index (κ2) is 17.9. The number of carbonyl (C=O) groups excluding carboxylic acids is 5. The number of rotatable bonds is 17. The summed E-state index contributed by atoms with van der Waals surface area (Å²) < 4.78 is 11.9. The van der Waals surface area contributed by atoms with Gasteiger partial charge in [-0.15, -0.1) is 0 Å². The predicted molar refractivity (Wildman–Crippen MR) is 152 cm³/mol. The normalized spacial score (nSPS) is 26.3. The van der Waals surface area contributed by atoms with Crippen molar-refractivity contribution in [3.8, 4) is 0 Å². The van der Waals surface area contributed by atoms with Crippen LogP contribution in [0, 0.1) is 11.8 Å². The Morgan fingerprint density at radius 1 is 0.829 bits per heavy atom. The largest absolute Gasteiger partial charge is 0.378 e. The fraction of sp³-hybridized carbons (Fsp3) is 0.828. The molecule has 232 valence electrons. The summed E-state index contributed by atoms with van der Waals surface area (Å²) in [5.41, 5.74) is 0. The number of ether oxygens (including phenoxy) is 2. The summed E-state index contributed by atoms with van der Waals surface area (Å²) in [6.45, 7) is 3.06. The van der Waals surface area contributed by atoms with Gasteiger partial charge in [-0.3, -0.25) is 24.0 Å². The molecule has 0 aromatic heterocycles. The quantitative estimate of drug-likeness (QED) is 0.146. The lowest BCUT2D eigenvalue weighted by Crippen LogP contribution is -2.41. The lowest BCUT2D eigenvalue weighted by Gasteiger charge is -2.29. The predicted octanol–water partition coefficient (Wildman–Crippen LogP) is 0.633. The number of likely N-dealkylation sites (tertiary alicyclic amines) is 1. The first-order valence-corrected chi connectivity index (χ1v) is 15.3. The number of amides is 5. The number of carbonyl (C=O) groups is 5. The van der Waals surface area contributed by atoms with Crippen LogP contribution in [-0.4, -0.2) is 99.6 Å². The zero-order chi connectivity index (χ0) is 29.5. The fourth-order valence-corrected chi connectivity index (χ4v) is 5.84. The van der Waals surface area contributed by atoms with Crippen LogP contribution in [0.15, 0.2) is 0 Å². The highest BCUT2D eigenvalue weighted by atomic mass is 16.5. The van der Waals surface area contributed by atoms with Crippen molar-refractivity contribution in [2.24, 2.45) is 11.8 Å². The van der Waals surface area contributed by atoms with Crippen LogP contribution in [0.3, 0.4) is 0 Å². The van der Waals surface area contributed by atoms with E-state index in [0.717, 1.165) is 51.4 Å². The number of hydrogen-bond donors (Lipinski definition) is 4. The lowest BCUT2D eigenvalue weighted by atomic mass is 9.85. The minimum absolute atomic E-state index is 0.00546. The average molecular weight is 580 g/mol. The highest BCUT2D eigenvalue weighted by Crippen LogP contribution is 2.25. The van der Waals surface area contributed by atoms with Crippen molar-refractivity contribution in [2.45, 2.75) is 95.3 Å². The van der Waals surface area contributed by atoms with E-state index in [9.17, 15) is 24.0 Å². The highest BCUT2D eigenvalue weighted by Gasteiger charge is 2.32. The first-order chi connectivity index (χ1) is 19.9. The van der Waals surface area contributed by atoms with Gasteiger partial charge in [-0.25, -0.2) is 0 Å². The van der Waals surface area contributed by atoms with Crippen LogP contribution in [0.1, 0.15) is 77.0 Å². The van der Waals surface area contributed by atoms with Gasteiger partial charge in [0.05, 0.1) is 24.7 Å². The van der Waals surface area contributed by atoms with E-state index in [2.05, 4.69) is 21.3 Å². The molecule has 0 bridgehead atoms. The van der Waals surface area contributed by atoms with Gasteiger partial charge in [0.1, 0.15) is 0 Å². The summed E-state index contributed by atoms with van der Waals surface area (Å²) in [5, 5.41) is 11.5. The molecule has 2 saturated carbocycles. The first-order valence-electron chi connectivity index (χ1n) is 15.3. The van der Waals surface area contributed by atoms with Crippen LogP contribution < -0.4 is 21.3 Å². The third-order valence-corrected chi connectivity index (χ3v) is 8.33. The summed E-state index contributed by atoms with van der Waals surface area (Å²) in [4.78, 5) is 60.3. The minimum atomic E-state index is -0.263. The SMILES string of the molecule is CN1CC(C(=O)NCCOC2CCC(OCCCC(=O)NC3CCC(C(=O)NCCCNC=O)CC3)CC2)CC1=O. The van der Waals surface area contributed by atoms with E-state index in [4.69, 9.17) is 9.47 Å². The lowest BCUT2D eigenvalue weighted by molar-refractivity contribution is -0.128. The third kappa shape index (κ3) is 12.0. The maximum atomic E-state index is 12.4. The van der Waals surface area contributed by atoms with Crippen LogP contribution >= 0.6 is 0 Å². The zero-order valence-corrected chi connectivity index (χ0v) is 24.5. The van der Waals surface area contributed by atoms with E-state index >= 15 is 0 Å². The molecule has 3 aliphatic rings. The summed E-state index contributed by atoms with van der Waals surface area (Å²) in [6.07, 6.45) is 9.97. The van der Waals surface area contributed by atoms with Gasteiger partial charge < -0.3 is 35.6 Å². The molecule has 0 spiro atoms. The highest BCUT2D eigenvalue weighted by molar-refractivity contribution is 5.89. The molecule has 0 aromatic carbocycles. The molecule has 3 fully saturated rings. The molecular formula is C29H49N5O7. The monoisotopic (exact) mass is 579 g/mol. The van der Waals surface area contributed by atoms with E-state index in [1.807, 2.05) is 0 Å². The van der Waals surface area contributed by atoms with Crippen molar-refractivity contribution in [1.29, 1.82) is 0 Å². The van der Waals surface area contributed by atoms with Gasteiger partial charge in [-0.2, -0.15) is 0 Å². The first kappa shape index (κ1) is 32.8. The van der Waals surface area contributed by atoms with E-state index in [1.54, 1.807) is 11.9 Å². The Kier molecular flexibility index (Phi) is 14.3. The van der Waals surface area contributed by atoms with Crippen LogP contribution in [0.4, 0.5) is 0 Å². The van der Waals surface area contributed by atoms with Gasteiger partial charge >= 0.3 is 0 Å². The van der Waals surface area contributed by atoms with Crippen molar-refractivity contribution in [3.63, 3.8) is 0 Å². The Bertz CT molecular complexity index is 856. The van der Waals surface area contributed by atoms with E-state index in [1.165, 1.54) is 0 Å². The molecule has 1 saturated heterocycles. The third-order valence-electron chi connectivity index (χ3n) is 8.33. The standard InChI is InChI=1S/C29H49N5O7/c1-34-19-22(18-27(34)37)29(39)32-15-17-41-25-11-9-24(10-12-25)40-16-2-4-26(36)33-23-7-5-21(6-8-23)28(38)31-14-3-13-30-20-35/h20-25H,2-19H2,1H3,(H,30,35)(H,31,38)(H,32,39)(H,33,36). The van der Waals surface area contributed by atoms with Gasteiger partial charge in [0.25, 0.3) is 0 Å². The van der Waals surface area contributed by atoms with Gasteiger partial charge in [0.2, 0.25) is 30.0 Å². The van der Waals surface area contributed by atoms with Crippen molar-refractivity contribution >= 4 is 30.0 Å². The second-order valence-corrected chi connectivity index (χ2v) is 11.5. The summed E-state index contributed by atoms with van der Waals surface area (Å²) in [5.74, 6) is -0.230.